The standard InChI is InChI=1S/C87H170O17P2/c1-6-9-12-15-18-21-24-26-28-30-31-32-33-34-36-38-42-47-52-57-62-67-72-86(91)104-83(77-98-85(90)71-66-61-56-51-46-41-37-35-29-27-25-22-19-16-13-10-7-2)79-102-106(95,96)100-75-81(88)74-99-105(93,94)101-78-82(76-97-84(89)70-65-60-55-50-44-23-20-17-14-11-8-3)103-87(92)73-68-63-58-53-48-43-39-40-45-49-54-59-64-69-80(4)5/h80-83,88H,6-79H2,1-5H3,(H,93,94)(H,95,96)/t81-,82+,83+/m0/s1. The molecule has 0 aliphatic heterocycles. The summed E-state index contributed by atoms with van der Waals surface area (Å²) in [6.45, 7) is 7.38. The van der Waals surface area contributed by atoms with Crippen LogP contribution in [-0.2, 0) is 65.4 Å². The third-order valence-electron chi connectivity index (χ3n) is 20.5. The third kappa shape index (κ3) is 80.1. The number of esters is 4. The van der Waals surface area contributed by atoms with Gasteiger partial charge in [-0.3, -0.25) is 37.3 Å². The smallest absolute Gasteiger partial charge is 0.462 e. The number of hydrogen-bond acceptors (Lipinski definition) is 15. The molecule has 0 amide bonds. The molecular formula is C87H170O17P2. The highest BCUT2D eigenvalue weighted by Crippen LogP contribution is 2.45. The van der Waals surface area contributed by atoms with E-state index in [4.69, 9.17) is 37.0 Å². The van der Waals surface area contributed by atoms with Gasteiger partial charge < -0.3 is 33.8 Å². The lowest BCUT2D eigenvalue weighted by atomic mass is 10.0. The van der Waals surface area contributed by atoms with Crippen LogP contribution < -0.4 is 0 Å². The minimum Gasteiger partial charge on any atom is -0.462 e. The van der Waals surface area contributed by atoms with Gasteiger partial charge in [0.2, 0.25) is 0 Å². The predicted molar refractivity (Wildman–Crippen MR) is 437 cm³/mol. The van der Waals surface area contributed by atoms with E-state index in [2.05, 4.69) is 34.6 Å². The highest BCUT2D eigenvalue weighted by Gasteiger charge is 2.30. The number of carbonyl (C=O) groups is 4. The lowest BCUT2D eigenvalue weighted by molar-refractivity contribution is -0.161. The molecule has 0 bridgehead atoms. The van der Waals surface area contributed by atoms with Gasteiger partial charge in [0.05, 0.1) is 26.4 Å². The second-order valence-corrected chi connectivity index (χ2v) is 34.7. The fraction of sp³-hybridized carbons (Fsp3) is 0.954. The molecule has 0 fully saturated rings. The van der Waals surface area contributed by atoms with Crippen LogP contribution in [-0.4, -0.2) is 96.7 Å². The van der Waals surface area contributed by atoms with Crippen LogP contribution in [0.4, 0.5) is 0 Å². The van der Waals surface area contributed by atoms with Crippen LogP contribution in [0.2, 0.25) is 0 Å². The Morgan fingerprint density at radius 2 is 0.434 bits per heavy atom. The number of unbranched alkanes of at least 4 members (excludes halogenated alkanes) is 59. The van der Waals surface area contributed by atoms with Crippen LogP contribution in [0, 0.1) is 5.92 Å². The number of phosphoric ester groups is 2. The molecule has 0 aromatic rings. The molecular weight excluding hydrogens is 1380 g/mol. The molecule has 0 saturated heterocycles. The van der Waals surface area contributed by atoms with Gasteiger partial charge in [-0.05, 0) is 31.6 Å². The molecule has 0 saturated carbocycles. The number of rotatable bonds is 87. The molecule has 2 unspecified atom stereocenters. The van der Waals surface area contributed by atoms with Crippen molar-refractivity contribution >= 4 is 39.5 Å². The van der Waals surface area contributed by atoms with Crippen molar-refractivity contribution in [2.75, 3.05) is 39.6 Å². The first-order chi connectivity index (χ1) is 51.5. The first-order valence-electron chi connectivity index (χ1n) is 45.1. The molecule has 0 rings (SSSR count). The summed E-state index contributed by atoms with van der Waals surface area (Å²) in [6.07, 6.45) is 73.6. The SMILES string of the molecule is CCCCCCCCCCCCCCCCCCCCCCCCC(=O)O[C@H](COC(=O)CCCCCCCCCCCCCCCCCCC)COP(=O)(O)OC[C@@H](O)COP(=O)(O)OC[C@@H](COC(=O)CCCCCCCCCCCCC)OC(=O)CCCCCCCCCCCCCCCC(C)C. The zero-order valence-electron chi connectivity index (χ0n) is 69.6. The Hall–Kier alpha value is -1.94. The number of aliphatic hydroxyl groups is 1. The highest BCUT2D eigenvalue weighted by molar-refractivity contribution is 7.47. The van der Waals surface area contributed by atoms with Gasteiger partial charge in [-0.25, -0.2) is 9.13 Å². The number of ether oxygens (including phenoxy) is 4. The van der Waals surface area contributed by atoms with Crippen LogP contribution in [0.1, 0.15) is 471 Å². The first-order valence-corrected chi connectivity index (χ1v) is 48.1. The van der Waals surface area contributed by atoms with Crippen molar-refractivity contribution in [3.05, 3.63) is 0 Å². The average Bonchev–Trinajstić information content (AvgIpc) is 0.903. The van der Waals surface area contributed by atoms with Gasteiger partial charge in [0.15, 0.2) is 12.2 Å². The minimum atomic E-state index is -4.97. The lowest BCUT2D eigenvalue weighted by Crippen LogP contribution is -2.30. The van der Waals surface area contributed by atoms with E-state index in [-0.39, 0.29) is 25.7 Å². The Balaban J connectivity index is 5.23. The van der Waals surface area contributed by atoms with Gasteiger partial charge in [0.25, 0.3) is 0 Å². The van der Waals surface area contributed by atoms with E-state index in [1.165, 1.54) is 295 Å². The second-order valence-electron chi connectivity index (χ2n) is 31.8. The Morgan fingerprint density at radius 1 is 0.255 bits per heavy atom. The van der Waals surface area contributed by atoms with Crippen LogP contribution >= 0.6 is 15.6 Å². The molecule has 3 N–H and O–H groups in total. The van der Waals surface area contributed by atoms with Gasteiger partial charge in [-0.15, -0.1) is 0 Å². The molecule has 630 valence electrons. The summed E-state index contributed by atoms with van der Waals surface area (Å²) in [4.78, 5) is 73.3. The Bertz CT molecular complexity index is 2010. The van der Waals surface area contributed by atoms with Crippen LogP contribution in [0.15, 0.2) is 0 Å². The normalized spacial score (nSPS) is 13.7. The van der Waals surface area contributed by atoms with E-state index >= 15 is 0 Å². The van der Waals surface area contributed by atoms with Crippen LogP contribution in [0.3, 0.4) is 0 Å². The topological polar surface area (TPSA) is 237 Å². The van der Waals surface area contributed by atoms with Crippen LogP contribution in [0.25, 0.3) is 0 Å². The van der Waals surface area contributed by atoms with E-state index in [1.54, 1.807) is 0 Å². The second kappa shape index (κ2) is 79.7. The molecule has 0 aromatic heterocycles. The van der Waals surface area contributed by atoms with E-state index in [1.807, 2.05) is 0 Å². The maximum Gasteiger partial charge on any atom is 0.472 e. The monoisotopic (exact) mass is 1550 g/mol. The fourth-order valence-electron chi connectivity index (χ4n) is 13.6. The number of hydrogen-bond donors (Lipinski definition) is 3. The quantitative estimate of drug-likeness (QED) is 0.0222. The van der Waals surface area contributed by atoms with Gasteiger partial charge >= 0.3 is 39.5 Å². The van der Waals surface area contributed by atoms with E-state index < -0.39 is 97.5 Å². The van der Waals surface area contributed by atoms with Gasteiger partial charge in [0, 0.05) is 25.7 Å². The van der Waals surface area contributed by atoms with Gasteiger partial charge in [-0.1, -0.05) is 420 Å². The van der Waals surface area contributed by atoms with Crippen molar-refractivity contribution in [3.63, 3.8) is 0 Å². The Kier molecular flexibility index (Phi) is 78.2. The molecule has 19 heteroatoms. The Morgan fingerprint density at radius 3 is 0.642 bits per heavy atom. The molecule has 5 atom stereocenters. The first kappa shape index (κ1) is 104. The molecule has 0 heterocycles. The summed E-state index contributed by atoms with van der Waals surface area (Å²) < 4.78 is 68.9. The molecule has 17 nitrogen and oxygen atoms in total. The number of carbonyl (C=O) groups excluding carboxylic acids is 4. The van der Waals surface area contributed by atoms with E-state index in [0.717, 1.165) is 95.8 Å². The molecule has 0 aliphatic carbocycles. The van der Waals surface area contributed by atoms with Crippen molar-refractivity contribution in [2.24, 2.45) is 5.92 Å². The zero-order chi connectivity index (χ0) is 77.6. The maximum atomic E-state index is 13.2. The summed E-state index contributed by atoms with van der Waals surface area (Å²) >= 11 is 0. The van der Waals surface area contributed by atoms with Crippen molar-refractivity contribution in [1.82, 2.24) is 0 Å². The number of phosphoric acid groups is 2. The van der Waals surface area contributed by atoms with Crippen LogP contribution in [0.5, 0.6) is 0 Å². The average molecular weight is 1550 g/mol. The van der Waals surface area contributed by atoms with E-state index in [0.29, 0.717) is 25.7 Å². The van der Waals surface area contributed by atoms with Crippen molar-refractivity contribution in [3.8, 4) is 0 Å². The third-order valence-corrected chi connectivity index (χ3v) is 22.4. The maximum absolute atomic E-state index is 13.2. The Labute approximate surface area is 651 Å². The molecule has 0 radical (unpaired) electrons. The molecule has 0 aliphatic rings. The zero-order valence-corrected chi connectivity index (χ0v) is 71.4. The molecule has 106 heavy (non-hydrogen) atoms. The molecule has 0 spiro atoms. The summed E-state index contributed by atoms with van der Waals surface area (Å²) in [6, 6.07) is 0. The van der Waals surface area contributed by atoms with Crippen molar-refractivity contribution in [2.45, 2.75) is 490 Å². The van der Waals surface area contributed by atoms with Crippen molar-refractivity contribution in [1.29, 1.82) is 0 Å². The van der Waals surface area contributed by atoms with Gasteiger partial charge in [0.1, 0.15) is 19.3 Å². The largest absolute Gasteiger partial charge is 0.472 e. The number of aliphatic hydroxyl groups excluding tert-OH is 1. The summed E-state index contributed by atoms with van der Waals surface area (Å²) in [5.41, 5.74) is 0. The fourth-order valence-corrected chi connectivity index (χ4v) is 15.2. The van der Waals surface area contributed by atoms with Gasteiger partial charge in [-0.2, -0.15) is 0 Å². The summed E-state index contributed by atoms with van der Waals surface area (Å²) in [5, 5.41) is 10.7. The molecule has 0 aromatic carbocycles. The lowest BCUT2D eigenvalue weighted by Gasteiger charge is -2.21. The predicted octanol–water partition coefficient (Wildman–Crippen LogP) is 26.8. The minimum absolute atomic E-state index is 0.108. The summed E-state index contributed by atoms with van der Waals surface area (Å²) in [5.74, 6) is -1.31. The van der Waals surface area contributed by atoms with E-state index in [9.17, 15) is 43.2 Å². The highest BCUT2D eigenvalue weighted by atomic mass is 31.2. The van der Waals surface area contributed by atoms with Crippen molar-refractivity contribution < 1.29 is 80.2 Å². The summed E-state index contributed by atoms with van der Waals surface area (Å²) in [7, 11) is -9.93.